The van der Waals surface area contributed by atoms with Gasteiger partial charge in [-0.3, -0.25) is 14.7 Å². The molecular weight excluding hydrogens is 300 g/mol. The van der Waals surface area contributed by atoms with Crippen LogP contribution in [0.2, 0.25) is 0 Å². The third-order valence-electron chi connectivity index (χ3n) is 2.38. The van der Waals surface area contributed by atoms with Crippen LogP contribution in [0.1, 0.15) is 5.56 Å². The number of aromatic amines is 1. The third kappa shape index (κ3) is 5.02. The van der Waals surface area contributed by atoms with Crippen molar-refractivity contribution in [3.63, 3.8) is 0 Å². The molecule has 0 aliphatic rings. The Morgan fingerprint density at radius 3 is 2.33 bits per heavy atom. The van der Waals surface area contributed by atoms with Crippen molar-refractivity contribution in [2.24, 2.45) is 7.05 Å². The van der Waals surface area contributed by atoms with Crippen molar-refractivity contribution >= 4 is 35.6 Å². The lowest BCUT2D eigenvalue weighted by Crippen LogP contribution is -2.35. The molecule has 0 amide bonds. The zero-order valence-electron chi connectivity index (χ0n) is 9.99. The highest BCUT2D eigenvalue weighted by Crippen LogP contribution is 1.99. The fraction of sp³-hybridized carbons (Fsp3) is 0.600. The Labute approximate surface area is 121 Å². The van der Waals surface area contributed by atoms with Crippen molar-refractivity contribution < 1.29 is 0 Å². The topological polar surface area (TPSA) is 58.1 Å². The molecule has 1 N–H and O–H groups in total. The smallest absolute Gasteiger partial charge is 0.303 e. The number of hydrogen-bond donors (Lipinski definition) is 1. The summed E-state index contributed by atoms with van der Waals surface area (Å²) in [5.41, 5.74) is -0.246. The zero-order valence-corrected chi connectivity index (χ0v) is 12.3. The molecule has 0 aromatic carbocycles. The molecule has 0 bridgehead atoms. The van der Waals surface area contributed by atoms with Crippen molar-refractivity contribution in [1.29, 1.82) is 0 Å². The van der Waals surface area contributed by atoms with Crippen LogP contribution < -0.4 is 11.2 Å². The minimum Gasteiger partial charge on any atom is -0.303 e. The van der Waals surface area contributed by atoms with Crippen LogP contribution in [0.3, 0.4) is 0 Å². The molecule has 0 aliphatic carbocycles. The molecule has 0 spiro atoms. The predicted molar refractivity (Wildman–Crippen MR) is 76.3 cm³/mol. The molecule has 0 atom stereocenters. The van der Waals surface area contributed by atoms with Crippen molar-refractivity contribution in [2.45, 2.75) is 6.54 Å². The van der Waals surface area contributed by atoms with Crippen molar-refractivity contribution in [3.05, 3.63) is 32.6 Å². The second-order valence-electron chi connectivity index (χ2n) is 3.68. The van der Waals surface area contributed by atoms with Crippen LogP contribution in [0.4, 0.5) is 0 Å². The SMILES string of the molecule is Cl.Cn1cc(CN(CCCl)CCCl)c(=O)[nH]c1=O. The average Bonchev–Trinajstić information content (AvgIpc) is 2.26. The number of aromatic nitrogens is 2. The molecule has 0 fully saturated rings. The Balaban J connectivity index is 0.00000289. The third-order valence-corrected chi connectivity index (χ3v) is 2.72. The molecule has 0 saturated heterocycles. The molecule has 104 valence electrons. The normalized spacial score (nSPS) is 10.4. The van der Waals surface area contributed by atoms with E-state index in [2.05, 4.69) is 4.98 Å². The molecule has 1 heterocycles. The molecule has 0 radical (unpaired) electrons. The van der Waals surface area contributed by atoms with Gasteiger partial charge in [0.2, 0.25) is 0 Å². The Morgan fingerprint density at radius 2 is 1.83 bits per heavy atom. The number of hydrogen-bond acceptors (Lipinski definition) is 3. The van der Waals surface area contributed by atoms with Crippen LogP contribution in [-0.2, 0) is 13.6 Å². The molecular formula is C10H16Cl3N3O2. The first-order valence-electron chi connectivity index (χ1n) is 5.21. The summed E-state index contributed by atoms with van der Waals surface area (Å²) in [6, 6.07) is 0. The number of H-pyrrole nitrogens is 1. The van der Waals surface area contributed by atoms with Gasteiger partial charge in [-0.25, -0.2) is 4.79 Å². The van der Waals surface area contributed by atoms with Crippen molar-refractivity contribution in [3.8, 4) is 0 Å². The molecule has 0 unspecified atom stereocenters. The van der Waals surface area contributed by atoms with E-state index in [1.165, 1.54) is 10.8 Å². The molecule has 0 aliphatic heterocycles. The second-order valence-corrected chi connectivity index (χ2v) is 4.43. The predicted octanol–water partition coefficient (Wildman–Crippen LogP) is 0.775. The Kier molecular flexibility index (Phi) is 8.35. The van der Waals surface area contributed by atoms with Gasteiger partial charge in [-0.05, 0) is 0 Å². The standard InChI is InChI=1S/C10H15Cl2N3O2.ClH/c1-14-6-8(9(16)13-10(14)17)7-15(4-2-11)5-3-12;/h6H,2-5,7H2,1H3,(H,13,16,17);1H. The highest BCUT2D eigenvalue weighted by molar-refractivity contribution is 6.18. The number of halogens is 3. The van der Waals surface area contributed by atoms with E-state index in [1.54, 1.807) is 7.05 Å². The van der Waals surface area contributed by atoms with Gasteiger partial charge >= 0.3 is 5.69 Å². The molecule has 8 heteroatoms. The van der Waals surface area contributed by atoms with Crippen LogP contribution in [-0.4, -0.2) is 39.3 Å². The van der Waals surface area contributed by atoms with E-state index in [0.29, 0.717) is 37.0 Å². The Morgan fingerprint density at radius 1 is 1.28 bits per heavy atom. The van der Waals surface area contributed by atoms with Crippen LogP contribution in [0.25, 0.3) is 0 Å². The first-order chi connectivity index (χ1) is 8.08. The number of alkyl halides is 2. The number of aryl methyl sites for hydroxylation is 1. The number of nitrogens with zero attached hydrogens (tertiary/aromatic N) is 2. The van der Waals surface area contributed by atoms with Gasteiger partial charge in [0, 0.05) is 50.2 Å². The first kappa shape index (κ1) is 17.5. The van der Waals surface area contributed by atoms with Crippen LogP contribution in [0, 0.1) is 0 Å². The van der Waals surface area contributed by atoms with Crippen LogP contribution in [0.5, 0.6) is 0 Å². The van der Waals surface area contributed by atoms with E-state index in [0.717, 1.165) is 0 Å². The summed E-state index contributed by atoms with van der Waals surface area (Å²) in [6.07, 6.45) is 1.54. The van der Waals surface area contributed by atoms with Gasteiger partial charge in [0.15, 0.2) is 0 Å². The van der Waals surface area contributed by atoms with E-state index in [1.807, 2.05) is 4.90 Å². The van der Waals surface area contributed by atoms with E-state index in [4.69, 9.17) is 23.2 Å². The van der Waals surface area contributed by atoms with Crippen LogP contribution in [0.15, 0.2) is 15.8 Å². The molecule has 5 nitrogen and oxygen atoms in total. The minimum atomic E-state index is -0.417. The summed E-state index contributed by atoms with van der Waals surface area (Å²) in [5, 5.41) is 0. The number of rotatable bonds is 6. The molecule has 0 saturated carbocycles. The maximum absolute atomic E-state index is 11.6. The second kappa shape index (κ2) is 8.58. The monoisotopic (exact) mass is 315 g/mol. The highest BCUT2D eigenvalue weighted by atomic mass is 35.5. The Bertz CT molecular complexity index is 466. The lowest BCUT2D eigenvalue weighted by molar-refractivity contribution is 0.297. The summed E-state index contributed by atoms with van der Waals surface area (Å²) in [6.45, 7) is 1.73. The van der Waals surface area contributed by atoms with E-state index < -0.39 is 5.69 Å². The van der Waals surface area contributed by atoms with E-state index in [-0.39, 0.29) is 18.0 Å². The molecule has 1 rings (SSSR count). The van der Waals surface area contributed by atoms with Crippen molar-refractivity contribution in [1.82, 2.24) is 14.5 Å². The zero-order chi connectivity index (χ0) is 12.8. The summed E-state index contributed by atoms with van der Waals surface area (Å²) < 4.78 is 1.34. The van der Waals surface area contributed by atoms with Gasteiger partial charge in [0.1, 0.15) is 0 Å². The van der Waals surface area contributed by atoms with Crippen LogP contribution >= 0.6 is 35.6 Å². The van der Waals surface area contributed by atoms with Gasteiger partial charge < -0.3 is 4.57 Å². The summed E-state index contributed by atoms with van der Waals surface area (Å²) in [5.74, 6) is 0.946. The van der Waals surface area contributed by atoms with E-state index in [9.17, 15) is 9.59 Å². The quantitative estimate of drug-likeness (QED) is 0.789. The lowest BCUT2D eigenvalue weighted by atomic mass is 10.3. The van der Waals surface area contributed by atoms with E-state index >= 15 is 0 Å². The number of nitrogens with one attached hydrogen (secondary N) is 1. The molecule has 18 heavy (non-hydrogen) atoms. The molecule has 1 aromatic rings. The minimum absolute atomic E-state index is 0. The van der Waals surface area contributed by atoms with Crippen molar-refractivity contribution in [2.75, 3.05) is 24.8 Å². The summed E-state index contributed by atoms with van der Waals surface area (Å²) in [4.78, 5) is 27.0. The average molecular weight is 317 g/mol. The fourth-order valence-corrected chi connectivity index (χ4v) is 1.96. The first-order valence-corrected chi connectivity index (χ1v) is 6.28. The van der Waals surface area contributed by atoms with Gasteiger partial charge in [0.05, 0.1) is 0 Å². The summed E-state index contributed by atoms with van der Waals surface area (Å²) in [7, 11) is 1.59. The van der Waals surface area contributed by atoms with Gasteiger partial charge in [0.25, 0.3) is 5.56 Å². The lowest BCUT2D eigenvalue weighted by Gasteiger charge is -2.19. The van der Waals surface area contributed by atoms with Gasteiger partial charge in [-0.15, -0.1) is 35.6 Å². The highest BCUT2D eigenvalue weighted by Gasteiger charge is 2.09. The maximum Gasteiger partial charge on any atom is 0.328 e. The maximum atomic E-state index is 11.6. The molecule has 1 aromatic heterocycles. The largest absolute Gasteiger partial charge is 0.328 e. The van der Waals surface area contributed by atoms with Gasteiger partial charge in [-0.1, -0.05) is 0 Å². The fourth-order valence-electron chi connectivity index (χ4n) is 1.48. The Hall–Kier alpha value is -0.490. The summed E-state index contributed by atoms with van der Waals surface area (Å²) >= 11 is 11.3. The van der Waals surface area contributed by atoms with Gasteiger partial charge in [-0.2, -0.15) is 0 Å².